The summed E-state index contributed by atoms with van der Waals surface area (Å²) in [6, 6.07) is 0. The zero-order valence-corrected chi connectivity index (χ0v) is 14.0. The van der Waals surface area contributed by atoms with Crippen LogP contribution in [0.5, 0.6) is 0 Å². The fourth-order valence-electron chi connectivity index (χ4n) is 2.61. The number of nitrogens with one attached hydrogen (secondary N) is 1. The molecule has 1 aromatic rings. The van der Waals surface area contributed by atoms with E-state index in [1.54, 1.807) is 0 Å². The molecule has 120 valence electrons. The predicted molar refractivity (Wildman–Crippen MR) is 86.8 cm³/mol. The Labute approximate surface area is 128 Å². The standard InChI is InChI=1S/C16H30N4O/c1-5-8-17-11-15-13(2)18-20(4)16(15)19(3)9-10-21-12-14-6-7-14/h14,17H,5-12H2,1-4H3. The number of ether oxygens (including phenoxy) is 1. The molecule has 0 saturated heterocycles. The minimum Gasteiger partial charge on any atom is -0.379 e. The van der Waals surface area contributed by atoms with Crippen LogP contribution in [-0.2, 0) is 18.3 Å². The zero-order chi connectivity index (χ0) is 15.2. The molecule has 0 radical (unpaired) electrons. The first-order valence-corrected chi connectivity index (χ1v) is 8.15. The van der Waals surface area contributed by atoms with Gasteiger partial charge in [-0.05, 0) is 38.6 Å². The molecular formula is C16H30N4O. The maximum atomic E-state index is 5.75. The van der Waals surface area contributed by atoms with Crippen LogP contribution in [-0.4, -0.2) is 43.1 Å². The van der Waals surface area contributed by atoms with E-state index in [0.717, 1.165) is 50.9 Å². The summed E-state index contributed by atoms with van der Waals surface area (Å²) in [6.07, 6.45) is 3.85. The second kappa shape index (κ2) is 7.80. The number of aryl methyl sites for hydroxylation is 2. The van der Waals surface area contributed by atoms with E-state index in [0.29, 0.717) is 0 Å². The molecule has 1 N–H and O–H groups in total. The average molecular weight is 294 g/mol. The van der Waals surface area contributed by atoms with E-state index in [1.165, 1.54) is 24.2 Å². The summed E-state index contributed by atoms with van der Waals surface area (Å²) in [5, 5.41) is 8.05. The molecule has 21 heavy (non-hydrogen) atoms. The number of nitrogens with zero attached hydrogens (tertiary/aromatic N) is 3. The molecule has 0 bridgehead atoms. The first-order valence-electron chi connectivity index (χ1n) is 8.15. The second-order valence-corrected chi connectivity index (χ2v) is 6.13. The van der Waals surface area contributed by atoms with Crippen LogP contribution in [0.4, 0.5) is 5.82 Å². The smallest absolute Gasteiger partial charge is 0.131 e. The summed E-state index contributed by atoms with van der Waals surface area (Å²) in [6.45, 7) is 8.84. The number of hydrogen-bond acceptors (Lipinski definition) is 4. The van der Waals surface area contributed by atoms with Gasteiger partial charge in [0.15, 0.2) is 0 Å². The minimum absolute atomic E-state index is 0.791. The Bertz CT molecular complexity index is 440. The van der Waals surface area contributed by atoms with Crippen LogP contribution in [0, 0.1) is 12.8 Å². The van der Waals surface area contributed by atoms with Gasteiger partial charge >= 0.3 is 0 Å². The minimum atomic E-state index is 0.791. The molecule has 5 nitrogen and oxygen atoms in total. The van der Waals surface area contributed by atoms with Gasteiger partial charge in [0.1, 0.15) is 5.82 Å². The monoisotopic (exact) mass is 294 g/mol. The van der Waals surface area contributed by atoms with Crippen molar-refractivity contribution in [2.24, 2.45) is 13.0 Å². The van der Waals surface area contributed by atoms with Crippen LogP contribution in [0.1, 0.15) is 37.4 Å². The van der Waals surface area contributed by atoms with Crippen LogP contribution in [0.25, 0.3) is 0 Å². The molecule has 1 aliphatic rings. The van der Waals surface area contributed by atoms with Gasteiger partial charge in [-0.3, -0.25) is 4.68 Å². The third-order valence-corrected chi connectivity index (χ3v) is 4.02. The lowest BCUT2D eigenvalue weighted by atomic mass is 10.2. The van der Waals surface area contributed by atoms with Gasteiger partial charge in [0, 0.05) is 39.4 Å². The third kappa shape index (κ3) is 4.71. The Morgan fingerprint density at radius 2 is 2.19 bits per heavy atom. The molecule has 0 unspecified atom stereocenters. The van der Waals surface area contributed by atoms with E-state index in [2.05, 4.69) is 36.2 Å². The summed E-state index contributed by atoms with van der Waals surface area (Å²) >= 11 is 0. The van der Waals surface area contributed by atoms with Gasteiger partial charge < -0.3 is 15.0 Å². The van der Waals surface area contributed by atoms with Crippen molar-refractivity contribution in [1.29, 1.82) is 0 Å². The van der Waals surface area contributed by atoms with Gasteiger partial charge in [-0.15, -0.1) is 0 Å². The van der Waals surface area contributed by atoms with Crippen molar-refractivity contribution >= 4 is 5.82 Å². The first kappa shape index (κ1) is 16.3. The van der Waals surface area contributed by atoms with Crippen molar-refractivity contribution in [3.8, 4) is 0 Å². The predicted octanol–water partition coefficient (Wildman–Crippen LogP) is 2.09. The Hall–Kier alpha value is -1.07. The third-order valence-electron chi connectivity index (χ3n) is 4.02. The molecular weight excluding hydrogens is 264 g/mol. The molecule has 0 aliphatic heterocycles. The van der Waals surface area contributed by atoms with Crippen molar-refractivity contribution in [2.45, 2.75) is 39.7 Å². The lowest BCUT2D eigenvalue weighted by molar-refractivity contribution is 0.130. The molecule has 0 amide bonds. The Morgan fingerprint density at radius 3 is 2.86 bits per heavy atom. The van der Waals surface area contributed by atoms with Crippen LogP contribution < -0.4 is 10.2 Å². The largest absolute Gasteiger partial charge is 0.379 e. The molecule has 0 atom stereocenters. The van der Waals surface area contributed by atoms with Gasteiger partial charge in [-0.25, -0.2) is 0 Å². The molecule has 1 saturated carbocycles. The van der Waals surface area contributed by atoms with Crippen LogP contribution >= 0.6 is 0 Å². The van der Waals surface area contributed by atoms with E-state index in [9.17, 15) is 0 Å². The van der Waals surface area contributed by atoms with Gasteiger partial charge in [0.05, 0.1) is 12.3 Å². The van der Waals surface area contributed by atoms with Gasteiger partial charge in [0.2, 0.25) is 0 Å². The number of aromatic nitrogens is 2. The number of likely N-dealkylation sites (N-methyl/N-ethyl adjacent to an activating group) is 1. The normalized spacial score (nSPS) is 14.7. The number of hydrogen-bond donors (Lipinski definition) is 1. The maximum absolute atomic E-state index is 5.75. The van der Waals surface area contributed by atoms with Crippen molar-refractivity contribution in [3.63, 3.8) is 0 Å². The SMILES string of the molecule is CCCNCc1c(C)nn(C)c1N(C)CCOCC1CC1. The molecule has 1 aromatic heterocycles. The van der Waals surface area contributed by atoms with Gasteiger partial charge in [0.25, 0.3) is 0 Å². The van der Waals surface area contributed by atoms with Crippen molar-refractivity contribution in [3.05, 3.63) is 11.3 Å². The van der Waals surface area contributed by atoms with Gasteiger partial charge in [-0.2, -0.15) is 5.10 Å². The lowest BCUT2D eigenvalue weighted by Crippen LogP contribution is -2.27. The molecule has 1 heterocycles. The summed E-state index contributed by atoms with van der Waals surface area (Å²) in [5.74, 6) is 2.04. The number of anilines is 1. The highest BCUT2D eigenvalue weighted by Crippen LogP contribution is 2.28. The Morgan fingerprint density at radius 1 is 1.43 bits per heavy atom. The molecule has 0 aromatic carbocycles. The quantitative estimate of drug-likeness (QED) is 0.671. The van der Waals surface area contributed by atoms with E-state index in [-0.39, 0.29) is 0 Å². The Kier molecular flexibility index (Phi) is 6.06. The van der Waals surface area contributed by atoms with E-state index in [1.807, 2.05) is 11.7 Å². The summed E-state index contributed by atoms with van der Waals surface area (Å²) in [7, 11) is 4.15. The molecule has 2 rings (SSSR count). The summed E-state index contributed by atoms with van der Waals surface area (Å²) in [4.78, 5) is 2.26. The maximum Gasteiger partial charge on any atom is 0.131 e. The highest BCUT2D eigenvalue weighted by atomic mass is 16.5. The molecule has 1 aliphatic carbocycles. The molecule has 0 spiro atoms. The van der Waals surface area contributed by atoms with Crippen molar-refractivity contribution in [2.75, 3.05) is 38.3 Å². The summed E-state index contributed by atoms with van der Waals surface area (Å²) in [5.41, 5.74) is 2.41. The average Bonchev–Trinajstić information content (AvgIpc) is 3.22. The van der Waals surface area contributed by atoms with Crippen molar-refractivity contribution < 1.29 is 4.74 Å². The fraction of sp³-hybridized carbons (Fsp3) is 0.812. The fourth-order valence-corrected chi connectivity index (χ4v) is 2.61. The first-order chi connectivity index (χ1) is 10.1. The van der Waals surface area contributed by atoms with E-state index >= 15 is 0 Å². The zero-order valence-electron chi connectivity index (χ0n) is 14.0. The summed E-state index contributed by atoms with van der Waals surface area (Å²) < 4.78 is 7.73. The molecule has 5 heteroatoms. The number of rotatable bonds is 10. The van der Waals surface area contributed by atoms with E-state index in [4.69, 9.17) is 4.74 Å². The lowest BCUT2D eigenvalue weighted by Gasteiger charge is -2.21. The molecule has 1 fully saturated rings. The highest BCUT2D eigenvalue weighted by Gasteiger charge is 2.21. The highest BCUT2D eigenvalue weighted by molar-refractivity contribution is 5.49. The van der Waals surface area contributed by atoms with E-state index < -0.39 is 0 Å². The van der Waals surface area contributed by atoms with Crippen LogP contribution in [0.2, 0.25) is 0 Å². The van der Waals surface area contributed by atoms with Crippen LogP contribution in [0.15, 0.2) is 0 Å². The van der Waals surface area contributed by atoms with Crippen molar-refractivity contribution in [1.82, 2.24) is 15.1 Å². The Balaban J connectivity index is 1.88. The topological polar surface area (TPSA) is 42.3 Å². The van der Waals surface area contributed by atoms with Gasteiger partial charge in [-0.1, -0.05) is 6.92 Å². The van der Waals surface area contributed by atoms with Crippen LogP contribution in [0.3, 0.4) is 0 Å². The second-order valence-electron chi connectivity index (χ2n) is 6.13.